The molecule has 0 bridgehead atoms. The van der Waals surface area contributed by atoms with Crippen LogP contribution in [0, 0.1) is 23.2 Å². The lowest BCUT2D eigenvalue weighted by molar-refractivity contribution is 0.245. The molecule has 4 unspecified atom stereocenters. The number of hydrogen-bond acceptors (Lipinski definition) is 1. The molecule has 1 saturated carbocycles. The van der Waals surface area contributed by atoms with Crippen molar-refractivity contribution >= 4 is 0 Å². The topological polar surface area (TPSA) is 12.0 Å². The second-order valence-corrected chi connectivity index (χ2v) is 7.87. The lowest BCUT2D eigenvalue weighted by Gasteiger charge is -2.34. The van der Waals surface area contributed by atoms with Crippen LogP contribution in [0.2, 0.25) is 0 Å². The van der Waals surface area contributed by atoms with Gasteiger partial charge in [-0.3, -0.25) is 0 Å². The molecule has 0 aromatic heterocycles. The van der Waals surface area contributed by atoms with Crippen molar-refractivity contribution in [2.45, 2.75) is 86.6 Å². The summed E-state index contributed by atoms with van der Waals surface area (Å²) < 4.78 is 0. The van der Waals surface area contributed by atoms with Crippen LogP contribution in [0.5, 0.6) is 0 Å². The zero-order valence-corrected chi connectivity index (χ0v) is 15.6. The zero-order chi connectivity index (χ0) is 16.0. The summed E-state index contributed by atoms with van der Waals surface area (Å²) in [6, 6.07) is 0.706. The molecule has 1 aliphatic rings. The summed E-state index contributed by atoms with van der Waals surface area (Å²) in [5.74, 6) is 2.37. The van der Waals surface area contributed by atoms with Crippen molar-refractivity contribution in [3.63, 3.8) is 0 Å². The molecule has 0 aromatic carbocycles. The summed E-state index contributed by atoms with van der Waals surface area (Å²) in [5.41, 5.74) is 1.91. The minimum atomic E-state index is 0.322. The lowest BCUT2D eigenvalue weighted by Crippen LogP contribution is -2.37. The van der Waals surface area contributed by atoms with E-state index in [2.05, 4.69) is 59.9 Å². The molecule has 4 atom stereocenters. The number of nitrogens with one attached hydrogen (secondary N) is 1. The van der Waals surface area contributed by atoms with E-state index in [0.717, 1.165) is 18.4 Å². The fourth-order valence-electron chi connectivity index (χ4n) is 3.27. The van der Waals surface area contributed by atoms with E-state index in [1.54, 1.807) is 5.57 Å². The van der Waals surface area contributed by atoms with Crippen molar-refractivity contribution < 1.29 is 0 Å². The summed E-state index contributed by atoms with van der Waals surface area (Å²) in [6.45, 7) is 17.7. The van der Waals surface area contributed by atoms with Crippen LogP contribution in [-0.2, 0) is 0 Å². The number of rotatable bonds is 10. The predicted octanol–water partition coefficient (Wildman–Crippen LogP) is 5.81. The van der Waals surface area contributed by atoms with E-state index in [1.807, 2.05) is 0 Å². The first kappa shape index (κ1) is 18.7. The molecule has 1 aliphatic carbocycles. The van der Waals surface area contributed by atoms with Crippen molar-refractivity contribution in [1.82, 2.24) is 5.32 Å². The van der Waals surface area contributed by atoms with Crippen molar-refractivity contribution in [3.8, 4) is 0 Å². The zero-order valence-electron chi connectivity index (χ0n) is 15.6. The SMILES string of the molecule is CCCC(C)/C(C)=C\C(C)(CC)C(C)CNC(C)C1CC1. The molecule has 0 saturated heterocycles. The van der Waals surface area contributed by atoms with Crippen molar-refractivity contribution in [1.29, 1.82) is 0 Å². The highest BCUT2D eigenvalue weighted by molar-refractivity contribution is 5.10. The maximum atomic E-state index is 3.78. The Kier molecular flexibility index (Phi) is 7.47. The van der Waals surface area contributed by atoms with E-state index in [1.165, 1.54) is 32.1 Å². The molecule has 0 radical (unpaired) electrons. The van der Waals surface area contributed by atoms with E-state index >= 15 is 0 Å². The summed E-state index contributed by atoms with van der Waals surface area (Å²) in [5, 5.41) is 3.78. The molecule has 0 aromatic rings. The molecular formula is C20H39N. The Bertz CT molecular complexity index is 329. The first-order valence-electron chi connectivity index (χ1n) is 9.26. The van der Waals surface area contributed by atoms with Crippen molar-refractivity contribution in [3.05, 3.63) is 11.6 Å². The predicted molar refractivity (Wildman–Crippen MR) is 95.6 cm³/mol. The maximum Gasteiger partial charge on any atom is 0.00671 e. The van der Waals surface area contributed by atoms with Gasteiger partial charge in [0.05, 0.1) is 0 Å². The van der Waals surface area contributed by atoms with Gasteiger partial charge in [-0.2, -0.15) is 0 Å². The molecule has 1 fully saturated rings. The smallest absolute Gasteiger partial charge is 0.00671 e. The van der Waals surface area contributed by atoms with Gasteiger partial charge in [0.1, 0.15) is 0 Å². The standard InChI is InChI=1S/C20H39N/c1-8-10-15(3)16(4)13-20(7,9-2)17(5)14-21-18(6)19-11-12-19/h13,15,17-19,21H,8-12,14H2,1-7H3/b16-13-. The van der Waals surface area contributed by atoms with Crippen molar-refractivity contribution in [2.24, 2.45) is 23.2 Å². The molecule has 21 heavy (non-hydrogen) atoms. The number of hydrogen-bond donors (Lipinski definition) is 1. The highest BCUT2D eigenvalue weighted by Crippen LogP contribution is 2.36. The van der Waals surface area contributed by atoms with Gasteiger partial charge in [0.15, 0.2) is 0 Å². The average Bonchev–Trinajstić information content (AvgIpc) is 3.28. The molecule has 1 rings (SSSR count). The Labute approximate surface area is 134 Å². The summed E-state index contributed by atoms with van der Waals surface area (Å²) in [6.07, 6.45) is 9.27. The quantitative estimate of drug-likeness (QED) is 0.501. The van der Waals surface area contributed by atoms with Crippen LogP contribution in [0.1, 0.15) is 80.6 Å². The fourth-order valence-corrected chi connectivity index (χ4v) is 3.27. The van der Waals surface area contributed by atoms with Crippen LogP contribution in [0.15, 0.2) is 11.6 Å². The van der Waals surface area contributed by atoms with Gasteiger partial charge in [-0.25, -0.2) is 0 Å². The van der Waals surface area contributed by atoms with Gasteiger partial charge in [0.2, 0.25) is 0 Å². The van der Waals surface area contributed by atoms with Gasteiger partial charge in [0, 0.05) is 6.04 Å². The van der Waals surface area contributed by atoms with Gasteiger partial charge < -0.3 is 5.32 Å². The highest BCUT2D eigenvalue weighted by atomic mass is 14.9. The van der Waals surface area contributed by atoms with Gasteiger partial charge in [-0.15, -0.1) is 0 Å². The molecule has 1 heteroatoms. The second-order valence-electron chi connectivity index (χ2n) is 7.87. The third-order valence-electron chi connectivity index (χ3n) is 6.02. The normalized spacial score (nSPS) is 23.5. The minimum Gasteiger partial charge on any atom is -0.314 e. The molecular weight excluding hydrogens is 254 g/mol. The van der Waals surface area contributed by atoms with E-state index < -0.39 is 0 Å². The van der Waals surface area contributed by atoms with Crippen LogP contribution < -0.4 is 5.32 Å². The summed E-state index contributed by atoms with van der Waals surface area (Å²) in [7, 11) is 0. The fraction of sp³-hybridized carbons (Fsp3) is 0.900. The average molecular weight is 294 g/mol. The Morgan fingerprint density at radius 3 is 2.33 bits per heavy atom. The number of allylic oxidation sites excluding steroid dienone is 2. The van der Waals surface area contributed by atoms with Crippen LogP contribution in [0.4, 0.5) is 0 Å². The first-order valence-corrected chi connectivity index (χ1v) is 9.26. The summed E-state index contributed by atoms with van der Waals surface area (Å²) >= 11 is 0. The van der Waals surface area contributed by atoms with E-state index in [0.29, 0.717) is 17.4 Å². The molecule has 1 N–H and O–H groups in total. The van der Waals surface area contributed by atoms with Crippen LogP contribution in [-0.4, -0.2) is 12.6 Å². The summed E-state index contributed by atoms with van der Waals surface area (Å²) in [4.78, 5) is 0. The second kappa shape index (κ2) is 8.36. The van der Waals surface area contributed by atoms with Crippen LogP contribution in [0.3, 0.4) is 0 Å². The lowest BCUT2D eigenvalue weighted by atomic mass is 9.73. The Morgan fingerprint density at radius 2 is 1.86 bits per heavy atom. The molecule has 124 valence electrons. The first-order chi connectivity index (χ1) is 9.84. The Balaban J connectivity index is 2.60. The van der Waals surface area contributed by atoms with E-state index in [9.17, 15) is 0 Å². The third-order valence-corrected chi connectivity index (χ3v) is 6.02. The molecule has 1 nitrogen and oxygen atoms in total. The van der Waals surface area contributed by atoms with Crippen molar-refractivity contribution in [2.75, 3.05) is 6.54 Å². The van der Waals surface area contributed by atoms with Crippen LogP contribution in [0.25, 0.3) is 0 Å². The Hall–Kier alpha value is -0.300. The van der Waals surface area contributed by atoms with E-state index in [-0.39, 0.29) is 0 Å². The minimum absolute atomic E-state index is 0.322. The van der Waals surface area contributed by atoms with Gasteiger partial charge in [-0.1, -0.05) is 52.7 Å². The maximum absolute atomic E-state index is 3.78. The molecule has 0 aliphatic heterocycles. The van der Waals surface area contributed by atoms with Gasteiger partial charge in [0.25, 0.3) is 0 Å². The third kappa shape index (κ3) is 5.77. The van der Waals surface area contributed by atoms with E-state index in [4.69, 9.17) is 0 Å². The Morgan fingerprint density at radius 1 is 1.24 bits per heavy atom. The van der Waals surface area contributed by atoms with Crippen LogP contribution >= 0.6 is 0 Å². The monoisotopic (exact) mass is 293 g/mol. The largest absolute Gasteiger partial charge is 0.314 e. The van der Waals surface area contributed by atoms with Gasteiger partial charge in [-0.05, 0) is 69.2 Å². The van der Waals surface area contributed by atoms with Gasteiger partial charge >= 0.3 is 0 Å². The molecule has 0 heterocycles. The molecule has 0 spiro atoms. The molecule has 0 amide bonds. The highest BCUT2D eigenvalue weighted by Gasteiger charge is 2.31.